The Labute approximate surface area is 74.3 Å². The quantitative estimate of drug-likeness (QED) is 0.573. The van der Waals surface area contributed by atoms with Crippen molar-refractivity contribution in [2.75, 3.05) is 27.2 Å². The molecule has 0 heterocycles. The molecule has 0 aliphatic heterocycles. The van der Waals surface area contributed by atoms with Crippen LogP contribution in [-0.4, -0.2) is 38.3 Å². The minimum atomic E-state index is 0.437. The van der Waals surface area contributed by atoms with Crippen molar-refractivity contribution in [2.45, 2.75) is 0 Å². The molecule has 0 aromatic rings. The summed E-state index contributed by atoms with van der Waals surface area (Å²) in [5.41, 5.74) is 0. The molecule has 0 aromatic heterocycles. The molecule has 0 radical (unpaired) electrons. The Hall–Kier alpha value is -0.890. The number of hydrogen-bond donors (Lipinski definition) is 0. The first-order valence-corrected chi connectivity index (χ1v) is 4.29. The van der Waals surface area contributed by atoms with E-state index in [4.69, 9.17) is 0 Å². The summed E-state index contributed by atoms with van der Waals surface area (Å²) in [7, 11) is 4.12. The maximum atomic E-state index is 4.32. The SMILES string of the molecule is CN(C)CCN=CC1C=CC=C1. The van der Waals surface area contributed by atoms with Gasteiger partial charge in [0.05, 0.1) is 6.54 Å². The van der Waals surface area contributed by atoms with E-state index < -0.39 is 0 Å². The van der Waals surface area contributed by atoms with Crippen LogP contribution in [0, 0.1) is 5.92 Å². The third kappa shape index (κ3) is 3.49. The maximum Gasteiger partial charge on any atom is 0.0513 e. The second kappa shape index (κ2) is 4.88. The van der Waals surface area contributed by atoms with Gasteiger partial charge in [0, 0.05) is 18.7 Å². The van der Waals surface area contributed by atoms with E-state index in [0.29, 0.717) is 5.92 Å². The lowest BCUT2D eigenvalue weighted by atomic mass is 10.2. The van der Waals surface area contributed by atoms with Gasteiger partial charge in [-0.05, 0) is 14.1 Å². The first kappa shape index (κ1) is 9.20. The van der Waals surface area contributed by atoms with Crippen molar-refractivity contribution in [1.82, 2.24) is 4.90 Å². The molecule has 0 atom stereocenters. The smallest absolute Gasteiger partial charge is 0.0513 e. The number of aliphatic imine (C=N–C) groups is 1. The fourth-order valence-electron chi connectivity index (χ4n) is 1.00. The van der Waals surface area contributed by atoms with Crippen molar-refractivity contribution in [1.29, 1.82) is 0 Å². The Morgan fingerprint density at radius 2 is 2.00 bits per heavy atom. The molecule has 66 valence electrons. The standard InChI is InChI=1S/C10H16N2/c1-12(2)8-7-11-9-10-5-3-4-6-10/h3-6,9-10H,7-8H2,1-2H3. The zero-order valence-corrected chi connectivity index (χ0v) is 7.77. The molecule has 1 aliphatic rings. The van der Waals surface area contributed by atoms with Gasteiger partial charge in [-0.25, -0.2) is 0 Å². The van der Waals surface area contributed by atoms with Gasteiger partial charge in [0.1, 0.15) is 0 Å². The van der Waals surface area contributed by atoms with E-state index in [1.54, 1.807) is 0 Å². The lowest BCUT2D eigenvalue weighted by molar-refractivity contribution is 0.420. The van der Waals surface area contributed by atoms with Crippen LogP contribution < -0.4 is 0 Å². The summed E-state index contributed by atoms with van der Waals surface area (Å²) in [4.78, 5) is 6.46. The predicted octanol–water partition coefficient (Wildman–Crippen LogP) is 1.36. The molecule has 0 saturated heterocycles. The van der Waals surface area contributed by atoms with Gasteiger partial charge in [0.2, 0.25) is 0 Å². The van der Waals surface area contributed by atoms with Crippen LogP contribution in [-0.2, 0) is 0 Å². The van der Waals surface area contributed by atoms with Crippen molar-refractivity contribution in [3.63, 3.8) is 0 Å². The molecule has 1 aliphatic carbocycles. The van der Waals surface area contributed by atoms with Crippen LogP contribution in [0.2, 0.25) is 0 Å². The fraction of sp³-hybridized carbons (Fsp3) is 0.500. The summed E-state index contributed by atoms with van der Waals surface area (Å²) in [5, 5.41) is 0. The van der Waals surface area contributed by atoms with Gasteiger partial charge in [-0.2, -0.15) is 0 Å². The highest BCUT2D eigenvalue weighted by Crippen LogP contribution is 2.04. The minimum absolute atomic E-state index is 0.437. The van der Waals surface area contributed by atoms with Crippen LogP contribution in [0.3, 0.4) is 0 Å². The predicted molar refractivity (Wildman–Crippen MR) is 53.7 cm³/mol. The van der Waals surface area contributed by atoms with E-state index in [-0.39, 0.29) is 0 Å². The Balaban J connectivity index is 2.13. The molecular weight excluding hydrogens is 148 g/mol. The highest BCUT2D eigenvalue weighted by Gasteiger charge is 1.97. The van der Waals surface area contributed by atoms with E-state index in [0.717, 1.165) is 13.1 Å². The lowest BCUT2D eigenvalue weighted by Crippen LogP contribution is -2.15. The number of allylic oxidation sites excluding steroid dienone is 4. The number of hydrogen-bond acceptors (Lipinski definition) is 2. The number of rotatable bonds is 4. The molecule has 2 heteroatoms. The summed E-state index contributed by atoms with van der Waals surface area (Å²) in [5.74, 6) is 0.437. The number of nitrogens with zero attached hydrogens (tertiary/aromatic N) is 2. The van der Waals surface area contributed by atoms with Crippen LogP contribution in [0.1, 0.15) is 0 Å². The van der Waals surface area contributed by atoms with Crippen molar-refractivity contribution in [3.8, 4) is 0 Å². The third-order valence-corrected chi connectivity index (χ3v) is 1.73. The average molecular weight is 164 g/mol. The first-order valence-electron chi connectivity index (χ1n) is 4.29. The van der Waals surface area contributed by atoms with Gasteiger partial charge in [-0.15, -0.1) is 0 Å². The Morgan fingerprint density at radius 1 is 1.33 bits per heavy atom. The molecule has 0 bridgehead atoms. The Morgan fingerprint density at radius 3 is 2.58 bits per heavy atom. The van der Waals surface area contributed by atoms with Gasteiger partial charge in [0.25, 0.3) is 0 Å². The van der Waals surface area contributed by atoms with Crippen molar-refractivity contribution < 1.29 is 0 Å². The molecule has 0 saturated carbocycles. The van der Waals surface area contributed by atoms with Crippen molar-refractivity contribution in [2.24, 2.45) is 10.9 Å². The molecule has 0 N–H and O–H groups in total. The van der Waals surface area contributed by atoms with Crippen LogP contribution in [0.5, 0.6) is 0 Å². The Kier molecular flexibility index (Phi) is 3.74. The first-order chi connectivity index (χ1) is 5.79. The van der Waals surface area contributed by atoms with Crippen LogP contribution in [0.15, 0.2) is 29.3 Å². The fourth-order valence-corrected chi connectivity index (χ4v) is 1.00. The van der Waals surface area contributed by atoms with E-state index in [9.17, 15) is 0 Å². The molecule has 0 aromatic carbocycles. The highest BCUT2D eigenvalue weighted by atomic mass is 15.1. The maximum absolute atomic E-state index is 4.32. The van der Waals surface area contributed by atoms with E-state index in [1.807, 2.05) is 6.21 Å². The normalized spacial score (nSPS) is 17.2. The number of likely N-dealkylation sites (N-methyl/N-ethyl adjacent to an activating group) is 1. The molecule has 2 nitrogen and oxygen atoms in total. The minimum Gasteiger partial charge on any atom is -0.308 e. The van der Waals surface area contributed by atoms with Crippen LogP contribution in [0.4, 0.5) is 0 Å². The second-order valence-electron chi connectivity index (χ2n) is 3.21. The summed E-state index contributed by atoms with van der Waals surface area (Å²) in [6.45, 7) is 1.92. The van der Waals surface area contributed by atoms with Gasteiger partial charge >= 0.3 is 0 Å². The zero-order valence-electron chi connectivity index (χ0n) is 7.77. The summed E-state index contributed by atoms with van der Waals surface area (Å²) < 4.78 is 0. The van der Waals surface area contributed by atoms with Crippen molar-refractivity contribution in [3.05, 3.63) is 24.3 Å². The molecule has 0 fully saturated rings. The summed E-state index contributed by atoms with van der Waals surface area (Å²) in [6, 6.07) is 0. The zero-order chi connectivity index (χ0) is 8.81. The average Bonchev–Trinajstić information content (AvgIpc) is 2.49. The van der Waals surface area contributed by atoms with E-state index >= 15 is 0 Å². The highest BCUT2D eigenvalue weighted by molar-refractivity contribution is 5.67. The van der Waals surface area contributed by atoms with Gasteiger partial charge in [-0.3, -0.25) is 4.99 Å². The molecule has 0 spiro atoms. The Bertz CT molecular complexity index is 190. The summed E-state index contributed by atoms with van der Waals surface area (Å²) in [6.07, 6.45) is 10.4. The van der Waals surface area contributed by atoms with Gasteiger partial charge in [0.15, 0.2) is 0 Å². The molecular formula is C10H16N2. The van der Waals surface area contributed by atoms with Crippen molar-refractivity contribution >= 4 is 6.21 Å². The topological polar surface area (TPSA) is 15.6 Å². The van der Waals surface area contributed by atoms with Gasteiger partial charge < -0.3 is 4.90 Å². The molecule has 12 heavy (non-hydrogen) atoms. The van der Waals surface area contributed by atoms with E-state index in [2.05, 4.69) is 48.3 Å². The second-order valence-corrected chi connectivity index (χ2v) is 3.21. The molecule has 0 unspecified atom stereocenters. The lowest BCUT2D eigenvalue weighted by Gasteiger charge is -2.05. The van der Waals surface area contributed by atoms with E-state index in [1.165, 1.54) is 0 Å². The van der Waals surface area contributed by atoms with Crippen LogP contribution in [0.25, 0.3) is 0 Å². The summed E-state index contributed by atoms with van der Waals surface area (Å²) >= 11 is 0. The monoisotopic (exact) mass is 164 g/mol. The third-order valence-electron chi connectivity index (χ3n) is 1.73. The largest absolute Gasteiger partial charge is 0.308 e. The molecule has 0 amide bonds. The van der Waals surface area contributed by atoms with Crippen LogP contribution >= 0.6 is 0 Å². The van der Waals surface area contributed by atoms with Gasteiger partial charge in [-0.1, -0.05) is 24.3 Å². The molecule has 1 rings (SSSR count).